The average molecular weight is 223 g/mol. The third kappa shape index (κ3) is 2.52. The molecule has 0 saturated heterocycles. The maximum Gasteiger partial charge on any atom is 0.328 e. The first-order chi connectivity index (χ1) is 5.59. The highest BCUT2D eigenvalue weighted by molar-refractivity contribution is 7.20. The number of carbonyl (C=O) groups is 1. The van der Waals surface area contributed by atoms with Crippen LogP contribution in [0.3, 0.4) is 0 Å². The van der Waals surface area contributed by atoms with Gasteiger partial charge in [-0.25, -0.2) is 4.79 Å². The van der Waals surface area contributed by atoms with Crippen molar-refractivity contribution in [3.05, 3.63) is 26.4 Å². The van der Waals surface area contributed by atoms with Gasteiger partial charge in [0.25, 0.3) is 0 Å². The topological polar surface area (TPSA) is 37.3 Å². The summed E-state index contributed by atoms with van der Waals surface area (Å²) in [6, 6.07) is 1.62. The molecule has 0 aliphatic heterocycles. The number of rotatable bonds is 2. The summed E-state index contributed by atoms with van der Waals surface area (Å²) in [6.45, 7) is 0. The Hall–Kier alpha value is -0.510. The number of aliphatic carboxylic acids is 1. The number of carboxylic acids is 1. The SMILES string of the molecule is O=C(O)/C=C/c1cc(Cl)sc1Cl. The molecule has 0 unspecified atom stereocenters. The molecule has 0 bridgehead atoms. The zero-order chi connectivity index (χ0) is 9.14. The van der Waals surface area contributed by atoms with Crippen LogP contribution in [-0.2, 0) is 4.79 Å². The Labute approximate surface area is 83.0 Å². The van der Waals surface area contributed by atoms with Crippen molar-refractivity contribution < 1.29 is 9.90 Å². The second kappa shape index (κ2) is 3.94. The lowest BCUT2D eigenvalue weighted by molar-refractivity contribution is -0.131. The van der Waals surface area contributed by atoms with E-state index in [1.165, 1.54) is 17.4 Å². The van der Waals surface area contributed by atoms with E-state index in [1.54, 1.807) is 6.07 Å². The number of hydrogen-bond donors (Lipinski definition) is 1. The number of thiophene rings is 1. The van der Waals surface area contributed by atoms with Crippen LogP contribution in [0.5, 0.6) is 0 Å². The molecule has 5 heteroatoms. The highest BCUT2D eigenvalue weighted by Gasteiger charge is 2.02. The number of carboxylic acid groups (broad SMARTS) is 1. The Balaban J connectivity index is 2.89. The van der Waals surface area contributed by atoms with Crippen molar-refractivity contribution in [1.29, 1.82) is 0 Å². The third-order valence-electron chi connectivity index (χ3n) is 1.09. The zero-order valence-electron chi connectivity index (χ0n) is 5.75. The summed E-state index contributed by atoms with van der Waals surface area (Å²) in [5.41, 5.74) is 0.633. The Bertz CT molecular complexity index is 330. The molecule has 1 aromatic rings. The van der Waals surface area contributed by atoms with Crippen LogP contribution in [0.15, 0.2) is 12.1 Å². The molecule has 2 nitrogen and oxygen atoms in total. The first kappa shape index (κ1) is 9.58. The molecule has 0 atom stereocenters. The number of hydrogen-bond acceptors (Lipinski definition) is 2. The van der Waals surface area contributed by atoms with E-state index in [0.29, 0.717) is 14.2 Å². The lowest BCUT2D eigenvalue weighted by Crippen LogP contribution is -1.84. The summed E-state index contributed by atoms with van der Waals surface area (Å²) in [5.74, 6) is -1.01. The molecule has 0 radical (unpaired) electrons. The van der Waals surface area contributed by atoms with Crippen LogP contribution < -0.4 is 0 Å². The van der Waals surface area contributed by atoms with Gasteiger partial charge in [0.1, 0.15) is 4.34 Å². The Morgan fingerprint density at radius 3 is 2.67 bits per heavy atom. The van der Waals surface area contributed by atoms with Gasteiger partial charge in [0.15, 0.2) is 0 Å². The fourth-order valence-electron chi connectivity index (χ4n) is 0.628. The normalized spacial score (nSPS) is 10.8. The molecule has 64 valence electrons. The summed E-state index contributed by atoms with van der Waals surface area (Å²) >= 11 is 12.6. The van der Waals surface area contributed by atoms with E-state index in [9.17, 15) is 4.79 Å². The van der Waals surface area contributed by atoms with Gasteiger partial charge in [-0.15, -0.1) is 11.3 Å². The number of halogens is 2. The fraction of sp³-hybridized carbons (Fsp3) is 0. The first-order valence-corrected chi connectivity index (χ1v) is 4.52. The lowest BCUT2D eigenvalue weighted by Gasteiger charge is -1.83. The summed E-state index contributed by atoms with van der Waals surface area (Å²) in [4.78, 5) is 10.1. The van der Waals surface area contributed by atoms with E-state index in [4.69, 9.17) is 28.3 Å². The monoisotopic (exact) mass is 222 g/mol. The van der Waals surface area contributed by atoms with E-state index in [0.717, 1.165) is 6.08 Å². The molecule has 0 fully saturated rings. The van der Waals surface area contributed by atoms with Crippen molar-refractivity contribution in [2.24, 2.45) is 0 Å². The van der Waals surface area contributed by atoms with Gasteiger partial charge >= 0.3 is 5.97 Å². The van der Waals surface area contributed by atoms with Crippen molar-refractivity contribution in [2.75, 3.05) is 0 Å². The minimum Gasteiger partial charge on any atom is -0.478 e. The zero-order valence-corrected chi connectivity index (χ0v) is 8.08. The second-order valence-electron chi connectivity index (χ2n) is 1.95. The smallest absolute Gasteiger partial charge is 0.328 e. The fourth-order valence-corrected chi connectivity index (χ4v) is 2.06. The molecule has 0 aliphatic carbocycles. The van der Waals surface area contributed by atoms with Crippen LogP contribution in [0.25, 0.3) is 6.08 Å². The van der Waals surface area contributed by atoms with E-state index in [2.05, 4.69) is 0 Å². The second-order valence-corrected chi connectivity index (χ2v) is 4.24. The molecule has 12 heavy (non-hydrogen) atoms. The van der Waals surface area contributed by atoms with E-state index >= 15 is 0 Å². The standard InChI is InChI=1S/C7H4Cl2O2S/c8-5-3-4(7(9)12-5)1-2-6(10)11/h1-3H,(H,10,11)/b2-1+. The molecule has 0 spiro atoms. The minimum atomic E-state index is -1.01. The molecule has 1 rings (SSSR count). The molecule has 1 heterocycles. The largest absolute Gasteiger partial charge is 0.478 e. The molecule has 1 aromatic heterocycles. The Morgan fingerprint density at radius 2 is 2.25 bits per heavy atom. The Morgan fingerprint density at radius 1 is 1.58 bits per heavy atom. The third-order valence-corrected chi connectivity index (χ3v) is 2.61. The van der Waals surface area contributed by atoms with Crippen molar-refractivity contribution in [3.63, 3.8) is 0 Å². The van der Waals surface area contributed by atoms with Gasteiger partial charge in [0, 0.05) is 11.6 Å². The van der Waals surface area contributed by atoms with Gasteiger partial charge in [-0.3, -0.25) is 0 Å². The van der Waals surface area contributed by atoms with Crippen LogP contribution in [0.2, 0.25) is 8.67 Å². The van der Waals surface area contributed by atoms with E-state index < -0.39 is 5.97 Å². The minimum absolute atomic E-state index is 0.498. The quantitative estimate of drug-likeness (QED) is 0.782. The van der Waals surface area contributed by atoms with Gasteiger partial charge in [0.05, 0.1) is 4.34 Å². The molecule has 0 amide bonds. The maximum atomic E-state index is 10.1. The van der Waals surface area contributed by atoms with Gasteiger partial charge in [0.2, 0.25) is 0 Å². The van der Waals surface area contributed by atoms with Crippen molar-refractivity contribution in [2.45, 2.75) is 0 Å². The van der Waals surface area contributed by atoms with Gasteiger partial charge in [-0.05, 0) is 12.1 Å². The molecule has 0 saturated carbocycles. The summed E-state index contributed by atoms with van der Waals surface area (Å²) in [5, 5.41) is 8.31. The maximum absolute atomic E-state index is 10.1. The average Bonchev–Trinajstić information content (AvgIpc) is 2.26. The van der Waals surface area contributed by atoms with Crippen LogP contribution in [-0.4, -0.2) is 11.1 Å². The van der Waals surface area contributed by atoms with Gasteiger partial charge in [-0.1, -0.05) is 23.2 Å². The predicted octanol–water partition coefficient (Wildman–Crippen LogP) is 3.15. The van der Waals surface area contributed by atoms with Crippen LogP contribution in [0, 0.1) is 0 Å². The molecule has 1 N–H and O–H groups in total. The highest BCUT2D eigenvalue weighted by Crippen LogP contribution is 2.31. The van der Waals surface area contributed by atoms with Gasteiger partial charge < -0.3 is 5.11 Å². The Kier molecular flexibility index (Phi) is 3.14. The predicted molar refractivity (Wildman–Crippen MR) is 51.0 cm³/mol. The first-order valence-electron chi connectivity index (χ1n) is 2.95. The molecule has 0 aliphatic rings. The molecular weight excluding hydrogens is 219 g/mol. The summed E-state index contributed by atoms with van der Waals surface area (Å²) in [7, 11) is 0. The van der Waals surface area contributed by atoms with Crippen molar-refractivity contribution in [3.8, 4) is 0 Å². The molecular formula is C7H4Cl2O2S. The van der Waals surface area contributed by atoms with Crippen molar-refractivity contribution in [1.82, 2.24) is 0 Å². The van der Waals surface area contributed by atoms with E-state index in [-0.39, 0.29) is 0 Å². The van der Waals surface area contributed by atoms with Crippen LogP contribution in [0.4, 0.5) is 0 Å². The van der Waals surface area contributed by atoms with Crippen molar-refractivity contribution >= 4 is 46.6 Å². The summed E-state index contributed by atoms with van der Waals surface area (Å²) in [6.07, 6.45) is 2.43. The highest BCUT2D eigenvalue weighted by atomic mass is 35.5. The van der Waals surface area contributed by atoms with Crippen LogP contribution >= 0.6 is 34.5 Å². The summed E-state index contributed by atoms with van der Waals surface area (Å²) < 4.78 is 1.04. The lowest BCUT2D eigenvalue weighted by atomic mass is 10.3. The van der Waals surface area contributed by atoms with Gasteiger partial charge in [-0.2, -0.15) is 0 Å². The molecule has 0 aromatic carbocycles. The van der Waals surface area contributed by atoms with Crippen LogP contribution in [0.1, 0.15) is 5.56 Å². The van der Waals surface area contributed by atoms with E-state index in [1.807, 2.05) is 0 Å².